The smallest absolute Gasteiger partial charge is 0.165 e. The molecule has 1 unspecified atom stereocenters. The lowest BCUT2D eigenvalue weighted by Gasteiger charge is -2.21. The molecule has 6 heteroatoms. The van der Waals surface area contributed by atoms with E-state index in [2.05, 4.69) is 20.4 Å². The zero-order chi connectivity index (χ0) is 26.1. The maximum atomic E-state index is 13.1. The van der Waals surface area contributed by atoms with Gasteiger partial charge in [0.25, 0.3) is 0 Å². The molecular weight excluding hydrogens is 434 g/mol. The summed E-state index contributed by atoms with van der Waals surface area (Å²) in [6, 6.07) is 9.66. The van der Waals surface area contributed by atoms with E-state index in [4.69, 9.17) is 5.41 Å². The van der Waals surface area contributed by atoms with E-state index in [1.54, 1.807) is 25.1 Å². The van der Waals surface area contributed by atoms with Crippen molar-refractivity contribution in [1.82, 2.24) is 4.90 Å². The molecule has 0 heterocycles. The van der Waals surface area contributed by atoms with Crippen molar-refractivity contribution in [3.05, 3.63) is 83.6 Å². The van der Waals surface area contributed by atoms with Crippen LogP contribution in [0.3, 0.4) is 0 Å². The first-order chi connectivity index (χ1) is 16.3. The topological polar surface area (TPSA) is 61.2 Å². The maximum absolute atomic E-state index is 13.1. The summed E-state index contributed by atoms with van der Waals surface area (Å²) < 4.78 is 25.8. The first kappa shape index (κ1) is 30.9. The number of aldehydes is 1. The Hall–Kier alpha value is -3.15. The van der Waals surface area contributed by atoms with E-state index in [1.165, 1.54) is 35.4 Å². The summed E-state index contributed by atoms with van der Waals surface area (Å²) in [6.07, 6.45) is 6.94. The Kier molecular flexibility index (Phi) is 15.7. The van der Waals surface area contributed by atoms with Crippen molar-refractivity contribution < 1.29 is 18.4 Å². The van der Waals surface area contributed by atoms with Gasteiger partial charge < -0.3 is 9.69 Å². The molecule has 0 spiro atoms. The third-order valence-electron chi connectivity index (χ3n) is 5.11. The molecule has 0 radical (unpaired) electrons. The predicted molar refractivity (Wildman–Crippen MR) is 136 cm³/mol. The molecule has 2 aromatic carbocycles. The van der Waals surface area contributed by atoms with Crippen molar-refractivity contribution in [2.24, 2.45) is 5.92 Å². The summed E-state index contributed by atoms with van der Waals surface area (Å²) >= 11 is 0. The minimum absolute atomic E-state index is 0.0976. The van der Waals surface area contributed by atoms with Gasteiger partial charge >= 0.3 is 0 Å². The first-order valence-corrected chi connectivity index (χ1v) is 11.7. The number of aryl methyl sites for hydroxylation is 1. The molecule has 0 bridgehead atoms. The number of hydrogen-bond donors (Lipinski definition) is 1. The highest BCUT2D eigenvalue weighted by Gasteiger charge is 2.18. The van der Waals surface area contributed by atoms with Crippen molar-refractivity contribution in [3.63, 3.8) is 0 Å². The van der Waals surface area contributed by atoms with Crippen LogP contribution in [0.5, 0.6) is 0 Å². The number of benzene rings is 2. The van der Waals surface area contributed by atoms with Gasteiger partial charge in [0.15, 0.2) is 5.78 Å². The number of rotatable bonds is 11. The van der Waals surface area contributed by atoms with Crippen LogP contribution in [-0.4, -0.2) is 23.3 Å². The van der Waals surface area contributed by atoms with Gasteiger partial charge in [-0.15, -0.1) is 0 Å². The van der Waals surface area contributed by atoms with Gasteiger partial charge in [-0.2, -0.15) is 0 Å². The normalized spacial score (nSPS) is 10.7. The highest BCUT2D eigenvalue weighted by molar-refractivity contribution is 5.97. The van der Waals surface area contributed by atoms with Gasteiger partial charge in [0.05, 0.1) is 6.34 Å². The van der Waals surface area contributed by atoms with Crippen molar-refractivity contribution in [2.45, 2.75) is 66.3 Å². The molecule has 0 aliphatic rings. The van der Waals surface area contributed by atoms with Crippen molar-refractivity contribution in [2.75, 3.05) is 0 Å². The Morgan fingerprint density at radius 2 is 1.62 bits per heavy atom. The monoisotopic (exact) mass is 472 g/mol. The van der Waals surface area contributed by atoms with Gasteiger partial charge in [0.2, 0.25) is 0 Å². The van der Waals surface area contributed by atoms with Crippen molar-refractivity contribution in [3.8, 4) is 0 Å². The van der Waals surface area contributed by atoms with Crippen LogP contribution in [0.4, 0.5) is 8.78 Å². The Morgan fingerprint density at radius 3 is 2.03 bits per heavy atom. The lowest BCUT2D eigenvalue weighted by atomic mass is 9.90. The van der Waals surface area contributed by atoms with E-state index < -0.39 is 6.04 Å². The van der Waals surface area contributed by atoms with Crippen molar-refractivity contribution >= 4 is 18.4 Å². The summed E-state index contributed by atoms with van der Waals surface area (Å²) in [5.74, 6) is -0.350. The van der Waals surface area contributed by atoms with Crippen LogP contribution in [0.1, 0.15) is 80.9 Å². The van der Waals surface area contributed by atoms with Gasteiger partial charge in [-0.1, -0.05) is 59.2 Å². The van der Waals surface area contributed by atoms with Crippen LogP contribution >= 0.6 is 0 Å². The first-order valence-electron chi connectivity index (χ1n) is 11.7. The summed E-state index contributed by atoms with van der Waals surface area (Å²) in [5, 5.41) is 7.14. The molecule has 0 aromatic heterocycles. The molecule has 0 aliphatic carbocycles. The van der Waals surface area contributed by atoms with Gasteiger partial charge in [-0.25, -0.2) is 8.78 Å². The molecule has 0 amide bonds. The van der Waals surface area contributed by atoms with Gasteiger partial charge in [0.1, 0.15) is 24.0 Å². The molecule has 0 saturated carbocycles. The van der Waals surface area contributed by atoms with Crippen LogP contribution in [0, 0.1) is 29.9 Å². The van der Waals surface area contributed by atoms with E-state index in [-0.39, 0.29) is 23.3 Å². The molecular formula is C28H38F2N2O2. The van der Waals surface area contributed by atoms with Crippen LogP contribution in [0.2, 0.25) is 0 Å². The van der Waals surface area contributed by atoms with E-state index in [1.807, 2.05) is 13.8 Å². The molecule has 0 aliphatic heterocycles. The zero-order valence-electron chi connectivity index (χ0n) is 21.0. The third-order valence-corrected chi connectivity index (χ3v) is 5.11. The minimum Gasteiger partial charge on any atom is -0.326 e. The molecule has 1 atom stereocenters. The van der Waals surface area contributed by atoms with E-state index in [0.717, 1.165) is 32.0 Å². The van der Waals surface area contributed by atoms with Crippen LogP contribution in [0.25, 0.3) is 0 Å². The fraction of sp³-hybridized carbons (Fsp3) is 0.393. The summed E-state index contributed by atoms with van der Waals surface area (Å²) in [4.78, 5) is 24.4. The second-order valence-electron chi connectivity index (χ2n) is 7.49. The van der Waals surface area contributed by atoms with E-state index in [9.17, 15) is 18.4 Å². The van der Waals surface area contributed by atoms with Gasteiger partial charge in [0, 0.05) is 11.5 Å². The summed E-state index contributed by atoms with van der Waals surface area (Å²) in [6.45, 7) is 13.3. The number of Topliss-reactive ketones (excluding diaryl/α,β-unsaturated/α-hetero) is 1. The quantitative estimate of drug-likeness (QED) is 0.158. The van der Waals surface area contributed by atoms with Gasteiger partial charge in [-0.05, 0) is 67.4 Å². The molecule has 186 valence electrons. The third kappa shape index (κ3) is 9.77. The highest BCUT2D eigenvalue weighted by Crippen LogP contribution is 2.21. The molecule has 2 aromatic rings. The fourth-order valence-corrected chi connectivity index (χ4v) is 3.37. The average molecular weight is 473 g/mol. The number of ketones is 1. The molecule has 34 heavy (non-hydrogen) atoms. The molecule has 1 N–H and O–H groups in total. The second kappa shape index (κ2) is 17.3. The van der Waals surface area contributed by atoms with Crippen LogP contribution in [-0.2, 0) is 4.79 Å². The van der Waals surface area contributed by atoms with E-state index in [0.29, 0.717) is 23.0 Å². The Bertz CT molecular complexity index is 884. The highest BCUT2D eigenvalue weighted by atomic mass is 19.1. The summed E-state index contributed by atoms with van der Waals surface area (Å²) in [7, 11) is 0. The zero-order valence-corrected chi connectivity index (χ0v) is 21.0. The molecule has 4 nitrogen and oxygen atoms in total. The van der Waals surface area contributed by atoms with Crippen LogP contribution < -0.4 is 0 Å². The van der Waals surface area contributed by atoms with Crippen LogP contribution in [0.15, 0.2) is 55.2 Å². The Balaban J connectivity index is 0.000000597. The average Bonchev–Trinajstić information content (AvgIpc) is 2.86. The lowest BCUT2D eigenvalue weighted by molar-refractivity contribution is -0.110. The Labute approximate surface area is 203 Å². The maximum Gasteiger partial charge on any atom is 0.165 e. The standard InChI is InChI=1S/C14H19FO.C12H13FN2O.C2H6/c1-3-5-11(6-4-2)14(16)12-7-9-13(15)10-8-12;1-3-15(8-14)12(7-16)10-4-5-11(13)9(2)6-10;1-2/h7-11H,3-6H2,1-2H3;3-8,12,14H,1H2,2H3;1-2H3. The number of halogens is 2. The van der Waals surface area contributed by atoms with Gasteiger partial charge in [-0.3, -0.25) is 10.2 Å². The SMILES string of the molecule is C=CN(C=N)C(C=O)c1ccc(F)c(C)c1.CC.CCCC(CCC)C(=O)c1ccc(F)cc1. The Morgan fingerprint density at radius 1 is 1.06 bits per heavy atom. The fourth-order valence-electron chi connectivity index (χ4n) is 3.37. The largest absolute Gasteiger partial charge is 0.326 e. The number of nitrogens with one attached hydrogen (secondary N) is 1. The van der Waals surface area contributed by atoms with E-state index >= 15 is 0 Å². The number of carbonyl (C=O) groups is 2. The number of nitrogens with zero attached hydrogens (tertiary/aromatic N) is 1. The second-order valence-corrected chi connectivity index (χ2v) is 7.49. The molecule has 2 rings (SSSR count). The lowest BCUT2D eigenvalue weighted by Crippen LogP contribution is -2.22. The predicted octanol–water partition coefficient (Wildman–Crippen LogP) is 7.68. The number of carbonyl (C=O) groups excluding carboxylic acids is 2. The minimum atomic E-state index is -0.630. The molecule has 0 fully saturated rings. The summed E-state index contributed by atoms with van der Waals surface area (Å²) in [5.41, 5.74) is 1.74. The molecule has 0 saturated heterocycles. The van der Waals surface area contributed by atoms with Crippen molar-refractivity contribution in [1.29, 1.82) is 5.41 Å². The number of hydrogen-bond acceptors (Lipinski definition) is 3.